The Morgan fingerprint density at radius 1 is 1.11 bits per heavy atom. The van der Waals surface area contributed by atoms with E-state index < -0.39 is 5.97 Å². The van der Waals surface area contributed by atoms with Crippen LogP contribution in [0.4, 0.5) is 0 Å². The number of carbonyl (C=O) groups excluding carboxylic acids is 1. The average Bonchev–Trinajstić information content (AvgIpc) is 2.69. The van der Waals surface area contributed by atoms with Gasteiger partial charge in [0.1, 0.15) is 11.5 Å². The topological polar surface area (TPSA) is 68.6 Å². The molecule has 0 aliphatic heterocycles. The molecule has 2 aromatic carbocycles. The van der Waals surface area contributed by atoms with Gasteiger partial charge in [-0.3, -0.25) is 0 Å². The number of benzene rings is 2. The molecule has 1 N–H and O–H groups in total. The predicted octanol–water partition coefficient (Wildman–Crippen LogP) is 4.89. The normalized spacial score (nSPS) is 12.8. The molecule has 0 atom stereocenters. The van der Waals surface area contributed by atoms with Crippen LogP contribution in [0.3, 0.4) is 0 Å². The Morgan fingerprint density at radius 3 is 2.54 bits per heavy atom. The van der Waals surface area contributed by atoms with Crippen LogP contribution in [-0.4, -0.2) is 32.5 Å². The van der Waals surface area contributed by atoms with E-state index in [9.17, 15) is 4.79 Å². The summed E-state index contributed by atoms with van der Waals surface area (Å²) in [6, 6.07) is 12.4. The highest BCUT2D eigenvalue weighted by Gasteiger charge is 2.13. The summed E-state index contributed by atoms with van der Waals surface area (Å²) >= 11 is 0. The highest BCUT2D eigenvalue weighted by molar-refractivity contribution is 5.93. The van der Waals surface area contributed by atoms with E-state index in [-0.39, 0.29) is 0 Å². The van der Waals surface area contributed by atoms with Crippen LogP contribution in [0.15, 0.2) is 48.0 Å². The van der Waals surface area contributed by atoms with Gasteiger partial charge in [-0.25, -0.2) is 4.79 Å². The fraction of sp³-hybridized carbons (Fsp3) is 0.304. The van der Waals surface area contributed by atoms with Crippen molar-refractivity contribution in [3.8, 4) is 11.5 Å². The van der Waals surface area contributed by atoms with E-state index in [0.717, 1.165) is 24.8 Å². The maximum absolute atomic E-state index is 12.4. The molecule has 1 saturated carbocycles. The van der Waals surface area contributed by atoms with E-state index in [4.69, 9.17) is 19.6 Å². The van der Waals surface area contributed by atoms with Crippen LogP contribution >= 0.6 is 0 Å². The van der Waals surface area contributed by atoms with E-state index in [1.54, 1.807) is 37.4 Å². The van der Waals surface area contributed by atoms with Gasteiger partial charge in [0.25, 0.3) is 0 Å². The van der Waals surface area contributed by atoms with Crippen LogP contribution in [0.2, 0.25) is 0 Å². The zero-order chi connectivity index (χ0) is 19.8. The van der Waals surface area contributed by atoms with Gasteiger partial charge in [0.2, 0.25) is 0 Å². The van der Waals surface area contributed by atoms with Crippen LogP contribution in [0.1, 0.15) is 47.2 Å². The second-order valence-electron chi connectivity index (χ2n) is 6.71. The van der Waals surface area contributed by atoms with Crippen LogP contribution in [0.25, 0.3) is 6.08 Å². The number of allylic oxidation sites excluding steroid dienone is 1. The molecule has 5 heteroatoms. The smallest absolute Gasteiger partial charge is 0.343 e. The minimum atomic E-state index is -0.459. The number of hydrogen-bond donors (Lipinski definition) is 1. The monoisotopic (exact) mass is 379 g/mol. The van der Waals surface area contributed by atoms with Crippen LogP contribution < -0.4 is 9.47 Å². The zero-order valence-corrected chi connectivity index (χ0v) is 16.1. The number of nitrogens with one attached hydrogen (secondary N) is 1. The molecule has 0 aromatic heterocycles. The second-order valence-corrected chi connectivity index (χ2v) is 6.71. The SMILES string of the molecule is COCCCOc1ccc(C(=O)Oc2ccc(C=C3CCC3)cc2C=N)cc1. The highest BCUT2D eigenvalue weighted by Crippen LogP contribution is 2.29. The third-order valence-corrected chi connectivity index (χ3v) is 4.61. The molecule has 3 rings (SSSR count). The first-order valence-electron chi connectivity index (χ1n) is 9.47. The highest BCUT2D eigenvalue weighted by atomic mass is 16.5. The first-order valence-corrected chi connectivity index (χ1v) is 9.47. The van der Waals surface area contributed by atoms with E-state index >= 15 is 0 Å². The quantitative estimate of drug-likeness (QED) is 0.292. The first kappa shape index (κ1) is 19.8. The van der Waals surface area contributed by atoms with Crippen molar-refractivity contribution >= 4 is 18.3 Å². The van der Waals surface area contributed by atoms with E-state index in [1.807, 2.05) is 12.1 Å². The van der Waals surface area contributed by atoms with Crippen molar-refractivity contribution in [2.24, 2.45) is 0 Å². The fourth-order valence-electron chi connectivity index (χ4n) is 2.86. The molecule has 0 heterocycles. The van der Waals surface area contributed by atoms with E-state index in [1.165, 1.54) is 18.2 Å². The first-order chi connectivity index (χ1) is 13.7. The molecule has 0 saturated heterocycles. The van der Waals surface area contributed by atoms with E-state index in [0.29, 0.717) is 35.8 Å². The molecule has 146 valence electrons. The van der Waals surface area contributed by atoms with Gasteiger partial charge in [0.05, 0.1) is 12.2 Å². The molecule has 2 aromatic rings. The van der Waals surface area contributed by atoms with Crippen molar-refractivity contribution in [1.82, 2.24) is 0 Å². The van der Waals surface area contributed by atoms with Crippen molar-refractivity contribution in [1.29, 1.82) is 5.41 Å². The molecule has 1 aliphatic rings. The number of hydrogen-bond acceptors (Lipinski definition) is 5. The van der Waals surface area contributed by atoms with Crippen LogP contribution in [0, 0.1) is 5.41 Å². The fourth-order valence-corrected chi connectivity index (χ4v) is 2.86. The minimum Gasteiger partial charge on any atom is -0.494 e. The summed E-state index contributed by atoms with van der Waals surface area (Å²) in [4.78, 5) is 12.4. The van der Waals surface area contributed by atoms with Crippen molar-refractivity contribution in [3.05, 3.63) is 64.7 Å². The Bertz CT molecular complexity index is 849. The summed E-state index contributed by atoms with van der Waals surface area (Å²) in [6.45, 7) is 1.21. The molecule has 28 heavy (non-hydrogen) atoms. The summed E-state index contributed by atoms with van der Waals surface area (Å²) in [7, 11) is 1.66. The predicted molar refractivity (Wildman–Crippen MR) is 110 cm³/mol. The minimum absolute atomic E-state index is 0.385. The van der Waals surface area contributed by atoms with E-state index in [2.05, 4.69) is 6.08 Å². The van der Waals surface area contributed by atoms with Crippen LogP contribution in [-0.2, 0) is 4.74 Å². The van der Waals surface area contributed by atoms with Gasteiger partial charge in [0, 0.05) is 31.9 Å². The lowest BCUT2D eigenvalue weighted by Gasteiger charge is -2.16. The van der Waals surface area contributed by atoms with Gasteiger partial charge in [0.15, 0.2) is 0 Å². The molecule has 0 amide bonds. The number of rotatable bonds is 9. The summed E-state index contributed by atoms with van der Waals surface area (Å²) < 4.78 is 16.1. The van der Waals surface area contributed by atoms with Gasteiger partial charge in [-0.2, -0.15) is 0 Å². The molecule has 0 bridgehead atoms. The maximum Gasteiger partial charge on any atom is 0.343 e. The van der Waals surface area contributed by atoms with Crippen LogP contribution in [0.5, 0.6) is 11.5 Å². The third-order valence-electron chi connectivity index (χ3n) is 4.61. The third kappa shape index (κ3) is 5.30. The molecule has 0 radical (unpaired) electrons. The Labute approximate surface area is 165 Å². The largest absolute Gasteiger partial charge is 0.494 e. The summed E-state index contributed by atoms with van der Waals surface area (Å²) in [6.07, 6.45) is 7.69. The Balaban J connectivity index is 1.62. The lowest BCUT2D eigenvalue weighted by molar-refractivity contribution is 0.0734. The lowest BCUT2D eigenvalue weighted by atomic mass is 9.90. The average molecular weight is 379 g/mol. The summed E-state index contributed by atoms with van der Waals surface area (Å²) in [5.74, 6) is 0.621. The molecule has 5 nitrogen and oxygen atoms in total. The van der Waals surface area contributed by atoms with Gasteiger partial charge >= 0.3 is 5.97 Å². The second kappa shape index (κ2) is 9.85. The standard InChI is InChI=1S/C23H25NO4/c1-26-12-3-13-27-21-9-7-19(8-10-21)23(25)28-22-11-6-18(15-20(22)16-24)14-17-4-2-5-17/h6-11,14-16,24H,2-5,12-13H2,1H3. The van der Waals surface area contributed by atoms with Gasteiger partial charge in [-0.1, -0.05) is 17.7 Å². The molecule has 0 unspecified atom stereocenters. The maximum atomic E-state index is 12.4. The van der Waals surface area contributed by atoms with Gasteiger partial charge in [-0.15, -0.1) is 0 Å². The summed E-state index contributed by atoms with van der Waals surface area (Å²) in [5.41, 5.74) is 3.47. The molecule has 0 spiro atoms. The zero-order valence-electron chi connectivity index (χ0n) is 16.1. The van der Waals surface area contributed by atoms with Crippen molar-refractivity contribution < 1.29 is 19.0 Å². The molecule has 1 fully saturated rings. The summed E-state index contributed by atoms with van der Waals surface area (Å²) in [5, 5.41) is 7.63. The lowest BCUT2D eigenvalue weighted by Crippen LogP contribution is -2.10. The number of esters is 1. The van der Waals surface area contributed by atoms with Crippen molar-refractivity contribution in [2.75, 3.05) is 20.3 Å². The number of ether oxygens (including phenoxy) is 3. The molecule has 1 aliphatic carbocycles. The Morgan fingerprint density at radius 2 is 1.89 bits per heavy atom. The van der Waals surface area contributed by atoms with Crippen molar-refractivity contribution in [2.45, 2.75) is 25.7 Å². The number of methoxy groups -OCH3 is 1. The molecular formula is C23H25NO4. The Kier molecular flexibility index (Phi) is 6.98. The van der Waals surface area contributed by atoms with Gasteiger partial charge < -0.3 is 19.6 Å². The number of carbonyl (C=O) groups is 1. The molecular weight excluding hydrogens is 354 g/mol. The van der Waals surface area contributed by atoms with Gasteiger partial charge in [-0.05, 0) is 61.2 Å². The Hall–Kier alpha value is -2.92. The van der Waals surface area contributed by atoms with Crippen molar-refractivity contribution in [3.63, 3.8) is 0 Å².